The molecule has 0 amide bonds. The zero-order valence-electron chi connectivity index (χ0n) is 18.8. The Morgan fingerprint density at radius 3 is 2.21 bits per heavy atom. The van der Waals surface area contributed by atoms with Gasteiger partial charge in [0, 0.05) is 23.0 Å². The molecule has 0 aromatic heterocycles. The molecule has 1 aliphatic rings. The quantitative estimate of drug-likeness (QED) is 0.473. The Hall–Kier alpha value is -3.61. The van der Waals surface area contributed by atoms with Crippen molar-refractivity contribution in [1.82, 2.24) is 0 Å². The van der Waals surface area contributed by atoms with Gasteiger partial charge in [0.15, 0.2) is 23.1 Å². The molecular weight excluding hydrogens is 427 g/mol. The lowest BCUT2D eigenvalue weighted by molar-refractivity contribution is 0.243. The van der Waals surface area contributed by atoms with Crippen LogP contribution in [0, 0.1) is 5.82 Å². The van der Waals surface area contributed by atoms with Crippen LogP contribution in [0.4, 0.5) is 4.39 Å². The maximum atomic E-state index is 14.4. The van der Waals surface area contributed by atoms with Gasteiger partial charge in [-0.3, -0.25) is 0 Å². The summed E-state index contributed by atoms with van der Waals surface area (Å²) in [5, 5.41) is 30.6. The number of phenolic OH excluding ortho intramolecular Hbond substituents is 3. The topological polar surface area (TPSA) is 88.4 Å². The molecule has 33 heavy (non-hydrogen) atoms. The van der Waals surface area contributed by atoms with Crippen molar-refractivity contribution in [3.8, 4) is 34.5 Å². The smallest absolute Gasteiger partial charge is 0.200 e. The van der Waals surface area contributed by atoms with E-state index in [1.165, 1.54) is 26.4 Å². The van der Waals surface area contributed by atoms with Crippen molar-refractivity contribution in [1.29, 1.82) is 0 Å². The minimum Gasteiger partial charge on any atom is -0.508 e. The number of phenols is 3. The standard InChI is InChI=1S/C26H27FO6/c1-4-5-16-20(28)9-7-17-24(14-6-8-21(29)19(27)10-14)18(13-33-26(16)17)15-11-22(31-2)25(30)23(12-15)32-3/h6-12,18,24,28-30H,4-5,13H2,1-3H3. The highest BCUT2D eigenvalue weighted by Crippen LogP contribution is 2.51. The van der Waals surface area contributed by atoms with Crippen LogP contribution in [0.25, 0.3) is 0 Å². The van der Waals surface area contributed by atoms with Gasteiger partial charge >= 0.3 is 0 Å². The van der Waals surface area contributed by atoms with Crippen molar-refractivity contribution < 1.29 is 33.9 Å². The first-order valence-corrected chi connectivity index (χ1v) is 10.8. The summed E-state index contributed by atoms with van der Waals surface area (Å²) in [6, 6.07) is 11.2. The highest BCUT2D eigenvalue weighted by molar-refractivity contribution is 5.59. The van der Waals surface area contributed by atoms with Crippen molar-refractivity contribution >= 4 is 0 Å². The molecule has 174 valence electrons. The molecular formula is C26H27FO6. The van der Waals surface area contributed by atoms with Gasteiger partial charge in [-0.15, -0.1) is 0 Å². The van der Waals surface area contributed by atoms with Gasteiger partial charge in [0.1, 0.15) is 11.5 Å². The van der Waals surface area contributed by atoms with Gasteiger partial charge in [0.05, 0.1) is 20.8 Å². The Labute approximate surface area is 191 Å². The zero-order valence-corrected chi connectivity index (χ0v) is 18.8. The third-order valence-electron chi connectivity index (χ3n) is 6.17. The SMILES string of the molecule is CCCc1c(O)ccc2c1OCC(c1cc(OC)c(O)c(OC)c1)C2c1ccc(O)c(F)c1. The Morgan fingerprint density at radius 2 is 1.61 bits per heavy atom. The number of hydrogen-bond acceptors (Lipinski definition) is 6. The van der Waals surface area contributed by atoms with E-state index in [9.17, 15) is 19.7 Å². The molecule has 0 saturated carbocycles. The monoisotopic (exact) mass is 454 g/mol. The third-order valence-corrected chi connectivity index (χ3v) is 6.17. The molecule has 0 bridgehead atoms. The summed E-state index contributed by atoms with van der Waals surface area (Å²) in [6.07, 6.45) is 1.46. The first kappa shape index (κ1) is 22.6. The van der Waals surface area contributed by atoms with Crippen LogP contribution in [0.1, 0.15) is 47.4 Å². The minimum atomic E-state index is -0.715. The lowest BCUT2D eigenvalue weighted by atomic mass is 9.75. The molecule has 0 saturated heterocycles. The van der Waals surface area contributed by atoms with Crippen LogP contribution in [0.5, 0.6) is 34.5 Å². The Morgan fingerprint density at radius 1 is 0.939 bits per heavy atom. The Kier molecular flexibility index (Phi) is 6.22. The maximum absolute atomic E-state index is 14.4. The molecule has 0 fully saturated rings. The van der Waals surface area contributed by atoms with E-state index in [1.807, 2.05) is 6.92 Å². The first-order valence-electron chi connectivity index (χ1n) is 10.8. The molecule has 3 aromatic rings. The molecule has 4 rings (SSSR count). The molecule has 3 N–H and O–H groups in total. The fourth-order valence-corrected chi connectivity index (χ4v) is 4.57. The number of rotatable bonds is 6. The van der Waals surface area contributed by atoms with E-state index >= 15 is 0 Å². The fraction of sp³-hybridized carbons (Fsp3) is 0.308. The summed E-state index contributed by atoms with van der Waals surface area (Å²) in [5.41, 5.74) is 2.96. The molecule has 3 aromatic carbocycles. The average Bonchev–Trinajstić information content (AvgIpc) is 2.82. The molecule has 0 spiro atoms. The van der Waals surface area contributed by atoms with Gasteiger partial charge in [0.25, 0.3) is 0 Å². The lowest BCUT2D eigenvalue weighted by Crippen LogP contribution is -2.26. The predicted molar refractivity (Wildman–Crippen MR) is 121 cm³/mol. The van der Waals surface area contributed by atoms with Crippen LogP contribution in [0.3, 0.4) is 0 Å². The summed E-state index contributed by atoms with van der Waals surface area (Å²) >= 11 is 0. The third kappa shape index (κ3) is 3.99. The van der Waals surface area contributed by atoms with Crippen LogP contribution in [0.15, 0.2) is 42.5 Å². The van der Waals surface area contributed by atoms with E-state index in [1.54, 1.807) is 30.3 Å². The van der Waals surface area contributed by atoms with Crippen LogP contribution < -0.4 is 14.2 Å². The highest BCUT2D eigenvalue weighted by atomic mass is 19.1. The highest BCUT2D eigenvalue weighted by Gasteiger charge is 2.36. The number of methoxy groups -OCH3 is 2. The van der Waals surface area contributed by atoms with Crippen molar-refractivity contribution in [2.45, 2.75) is 31.6 Å². The van der Waals surface area contributed by atoms with Gasteiger partial charge in [0.2, 0.25) is 5.75 Å². The predicted octanol–water partition coefficient (Wildman–Crippen LogP) is 5.22. The molecule has 6 nitrogen and oxygen atoms in total. The van der Waals surface area contributed by atoms with E-state index in [0.29, 0.717) is 17.7 Å². The van der Waals surface area contributed by atoms with Crippen molar-refractivity contribution in [2.75, 3.05) is 20.8 Å². The number of fused-ring (bicyclic) bond motifs is 1. The molecule has 0 aliphatic carbocycles. The van der Waals surface area contributed by atoms with E-state index in [-0.39, 0.29) is 41.4 Å². The van der Waals surface area contributed by atoms with Gasteiger partial charge in [-0.05, 0) is 47.9 Å². The Balaban J connectivity index is 1.93. The lowest BCUT2D eigenvalue weighted by Gasteiger charge is -2.36. The average molecular weight is 454 g/mol. The number of aromatic hydroxyl groups is 3. The van der Waals surface area contributed by atoms with Gasteiger partial charge in [-0.25, -0.2) is 4.39 Å². The van der Waals surface area contributed by atoms with Crippen LogP contribution in [-0.2, 0) is 6.42 Å². The van der Waals surface area contributed by atoms with Crippen molar-refractivity contribution in [2.24, 2.45) is 0 Å². The summed E-state index contributed by atoms with van der Waals surface area (Å²) in [5.74, 6) is -0.611. The summed E-state index contributed by atoms with van der Waals surface area (Å²) in [6.45, 7) is 2.27. The molecule has 1 heterocycles. The normalized spacial score (nSPS) is 17.2. The van der Waals surface area contributed by atoms with Gasteiger partial charge in [-0.2, -0.15) is 0 Å². The Bertz CT molecular complexity index is 1150. The summed E-state index contributed by atoms with van der Waals surface area (Å²) in [7, 11) is 2.91. The number of ether oxygens (including phenoxy) is 3. The maximum Gasteiger partial charge on any atom is 0.200 e. The van der Waals surface area contributed by atoms with Gasteiger partial charge in [-0.1, -0.05) is 25.5 Å². The first-order chi connectivity index (χ1) is 15.9. The van der Waals surface area contributed by atoms with E-state index in [2.05, 4.69) is 0 Å². The second-order valence-corrected chi connectivity index (χ2v) is 8.11. The summed E-state index contributed by atoms with van der Waals surface area (Å²) < 4.78 is 31.3. The van der Waals surface area contributed by atoms with Crippen molar-refractivity contribution in [3.63, 3.8) is 0 Å². The van der Waals surface area contributed by atoms with E-state index in [4.69, 9.17) is 14.2 Å². The van der Waals surface area contributed by atoms with Gasteiger partial charge < -0.3 is 29.5 Å². The van der Waals surface area contributed by atoms with Crippen LogP contribution in [0.2, 0.25) is 0 Å². The van der Waals surface area contributed by atoms with Crippen LogP contribution in [-0.4, -0.2) is 36.1 Å². The molecule has 7 heteroatoms. The minimum absolute atomic E-state index is 0.108. The van der Waals surface area contributed by atoms with E-state index < -0.39 is 11.6 Å². The van der Waals surface area contributed by atoms with Crippen LogP contribution >= 0.6 is 0 Å². The largest absolute Gasteiger partial charge is 0.508 e. The number of benzene rings is 3. The fourth-order valence-electron chi connectivity index (χ4n) is 4.57. The molecule has 0 radical (unpaired) electrons. The molecule has 2 atom stereocenters. The zero-order chi connectivity index (χ0) is 23.7. The van der Waals surface area contributed by atoms with E-state index in [0.717, 1.165) is 23.1 Å². The second kappa shape index (κ2) is 9.10. The second-order valence-electron chi connectivity index (χ2n) is 8.11. The summed E-state index contributed by atoms with van der Waals surface area (Å²) in [4.78, 5) is 0. The molecule has 1 aliphatic heterocycles. The number of halogens is 1. The van der Waals surface area contributed by atoms with Crippen molar-refractivity contribution in [3.05, 3.63) is 70.5 Å². The number of hydrogen-bond donors (Lipinski definition) is 3. The molecule has 2 unspecified atom stereocenters.